The van der Waals surface area contributed by atoms with Crippen molar-refractivity contribution in [2.24, 2.45) is 11.8 Å². The monoisotopic (exact) mass is 533 g/mol. The number of nitrogens with one attached hydrogen (secondary N) is 1. The lowest BCUT2D eigenvalue weighted by molar-refractivity contribution is -0.922. The van der Waals surface area contributed by atoms with Crippen LogP contribution in [0.15, 0.2) is 54.6 Å². The van der Waals surface area contributed by atoms with Gasteiger partial charge in [0, 0.05) is 43.1 Å². The second-order valence-electron chi connectivity index (χ2n) is 12.9. The number of amides is 1. The van der Waals surface area contributed by atoms with Crippen molar-refractivity contribution in [2.75, 3.05) is 26.7 Å². The van der Waals surface area contributed by atoms with Crippen LogP contribution in [0.1, 0.15) is 83.3 Å². The van der Waals surface area contributed by atoms with Gasteiger partial charge in [0.1, 0.15) is 5.75 Å². The first-order valence-corrected chi connectivity index (χ1v) is 15.1. The Morgan fingerprint density at radius 1 is 1.05 bits per heavy atom. The van der Waals surface area contributed by atoms with Crippen LogP contribution in [-0.2, 0) is 21.4 Å². The van der Waals surface area contributed by atoms with Gasteiger partial charge in [0.25, 0.3) is 0 Å². The maximum Gasteiger partial charge on any atom is 0.308 e. The smallest absolute Gasteiger partial charge is 0.308 e. The van der Waals surface area contributed by atoms with E-state index >= 15 is 0 Å². The fourth-order valence-corrected chi connectivity index (χ4v) is 7.49. The quantitative estimate of drug-likeness (QED) is 0.156. The summed E-state index contributed by atoms with van der Waals surface area (Å²) in [6.07, 6.45) is 9.03. The molecule has 1 aliphatic carbocycles. The van der Waals surface area contributed by atoms with E-state index < -0.39 is 0 Å². The minimum absolute atomic E-state index is 0.00320. The number of ether oxygens (including phenoxy) is 1. The molecule has 4 atom stereocenters. The molecule has 2 fully saturated rings. The van der Waals surface area contributed by atoms with Gasteiger partial charge in [-0.2, -0.15) is 0 Å². The van der Waals surface area contributed by atoms with Crippen molar-refractivity contribution in [3.63, 3.8) is 0 Å². The molecule has 1 N–H and O–H groups in total. The summed E-state index contributed by atoms with van der Waals surface area (Å²) in [5, 5.41) is 3.43. The van der Waals surface area contributed by atoms with E-state index in [1.54, 1.807) is 0 Å². The molecule has 5 heteroatoms. The summed E-state index contributed by atoms with van der Waals surface area (Å²) in [5.41, 5.74) is 2.64. The standard InChI is InChI=1S/C34H48N2O3/c1-26(2)24-36(4)21-20-34(29-15-11-16-32(22-29)39-27(3)37)23-31(19-18-30(34)25-36)35-33(38)17-10-6-9-14-28-12-7-5-8-13-28/h5,7-8,11-13,15-16,22,26,30-31H,6,9-10,14,17-21,23-25H2,1-4H3/p+1/t30?,31-,34-,36+/m1/s1. The molecule has 1 heterocycles. The fraction of sp³-hybridized carbons (Fsp3) is 0.588. The lowest BCUT2D eigenvalue weighted by Gasteiger charge is -2.55. The highest BCUT2D eigenvalue weighted by atomic mass is 16.5. The largest absolute Gasteiger partial charge is 0.427 e. The molecule has 39 heavy (non-hydrogen) atoms. The van der Waals surface area contributed by atoms with Gasteiger partial charge in [0.15, 0.2) is 0 Å². The molecular weight excluding hydrogens is 484 g/mol. The first-order valence-electron chi connectivity index (χ1n) is 15.1. The van der Waals surface area contributed by atoms with Crippen molar-refractivity contribution in [3.8, 4) is 5.75 Å². The Morgan fingerprint density at radius 2 is 1.85 bits per heavy atom. The van der Waals surface area contributed by atoms with E-state index in [9.17, 15) is 9.59 Å². The molecule has 0 radical (unpaired) electrons. The van der Waals surface area contributed by atoms with Gasteiger partial charge < -0.3 is 14.5 Å². The third kappa shape index (κ3) is 7.94. The molecule has 1 aliphatic heterocycles. The van der Waals surface area contributed by atoms with Crippen LogP contribution in [-0.4, -0.2) is 49.1 Å². The third-order valence-electron chi connectivity index (χ3n) is 9.07. The summed E-state index contributed by atoms with van der Waals surface area (Å²) in [5.74, 6) is 1.74. The van der Waals surface area contributed by atoms with Crippen LogP contribution < -0.4 is 10.1 Å². The highest BCUT2D eigenvalue weighted by Gasteiger charge is 2.52. The van der Waals surface area contributed by atoms with Gasteiger partial charge in [-0.1, -0.05) is 62.7 Å². The Labute approximate surface area is 235 Å². The lowest BCUT2D eigenvalue weighted by Crippen LogP contribution is -2.62. The molecule has 2 aromatic carbocycles. The summed E-state index contributed by atoms with van der Waals surface area (Å²) in [6.45, 7) is 9.60. The van der Waals surface area contributed by atoms with Crippen LogP contribution in [0.2, 0.25) is 0 Å². The zero-order valence-corrected chi connectivity index (χ0v) is 24.6. The zero-order chi connectivity index (χ0) is 27.9. The predicted octanol–water partition coefficient (Wildman–Crippen LogP) is 6.44. The molecule has 0 bridgehead atoms. The molecular formula is C34H49N2O3+. The van der Waals surface area contributed by atoms with Crippen molar-refractivity contribution in [1.29, 1.82) is 0 Å². The van der Waals surface area contributed by atoms with Gasteiger partial charge >= 0.3 is 5.97 Å². The maximum absolute atomic E-state index is 13.0. The molecule has 0 aromatic heterocycles. The molecule has 1 saturated heterocycles. The van der Waals surface area contributed by atoms with Crippen LogP contribution in [0.25, 0.3) is 0 Å². The predicted molar refractivity (Wildman–Crippen MR) is 158 cm³/mol. The second kappa shape index (κ2) is 13.1. The van der Waals surface area contributed by atoms with Crippen molar-refractivity contribution in [1.82, 2.24) is 5.32 Å². The summed E-state index contributed by atoms with van der Waals surface area (Å²) in [6, 6.07) is 19.0. The molecule has 1 unspecified atom stereocenters. The number of carbonyl (C=O) groups is 2. The van der Waals surface area contributed by atoms with E-state index in [2.05, 4.69) is 68.7 Å². The lowest BCUT2D eigenvalue weighted by atomic mass is 9.57. The number of benzene rings is 2. The van der Waals surface area contributed by atoms with Crippen molar-refractivity contribution in [2.45, 2.75) is 90.0 Å². The number of nitrogens with zero attached hydrogens (tertiary/aromatic N) is 1. The molecule has 5 nitrogen and oxygen atoms in total. The highest BCUT2D eigenvalue weighted by Crippen LogP contribution is 2.51. The van der Waals surface area contributed by atoms with Crippen molar-refractivity contribution >= 4 is 11.9 Å². The summed E-state index contributed by atoms with van der Waals surface area (Å²) in [7, 11) is 2.42. The van der Waals surface area contributed by atoms with Gasteiger partial charge in [0.2, 0.25) is 5.91 Å². The summed E-state index contributed by atoms with van der Waals surface area (Å²) < 4.78 is 6.61. The van der Waals surface area contributed by atoms with Gasteiger partial charge in [0.05, 0.1) is 26.7 Å². The number of unbranched alkanes of at least 4 members (excludes halogenated alkanes) is 2. The molecule has 1 saturated carbocycles. The number of piperidine rings is 1. The van der Waals surface area contributed by atoms with E-state index in [1.807, 2.05) is 12.1 Å². The Kier molecular flexibility index (Phi) is 9.87. The van der Waals surface area contributed by atoms with Crippen LogP contribution in [0.5, 0.6) is 5.75 Å². The van der Waals surface area contributed by atoms with Gasteiger partial charge in [-0.25, -0.2) is 0 Å². The van der Waals surface area contributed by atoms with E-state index in [-0.39, 0.29) is 23.3 Å². The number of carbonyl (C=O) groups excluding carboxylic acids is 2. The van der Waals surface area contributed by atoms with Crippen molar-refractivity contribution in [3.05, 3.63) is 65.7 Å². The van der Waals surface area contributed by atoms with Crippen molar-refractivity contribution < 1.29 is 18.8 Å². The zero-order valence-electron chi connectivity index (χ0n) is 24.6. The number of quaternary nitrogens is 1. The number of aryl methyl sites for hydroxylation is 1. The summed E-state index contributed by atoms with van der Waals surface area (Å²) in [4.78, 5) is 24.6. The van der Waals surface area contributed by atoms with Gasteiger partial charge in [-0.3, -0.25) is 9.59 Å². The SMILES string of the molecule is CC(=O)Oc1cccc([C@]23CC[N@@+](C)(CC(C)C)CC2CC[C@@H](NC(=O)CCCCCc2ccccc2)C3)c1. The summed E-state index contributed by atoms with van der Waals surface area (Å²) >= 11 is 0. The average molecular weight is 534 g/mol. The number of hydrogen-bond acceptors (Lipinski definition) is 3. The minimum atomic E-state index is -0.288. The van der Waals surface area contributed by atoms with Crippen LogP contribution in [0.3, 0.4) is 0 Å². The van der Waals surface area contributed by atoms with Crippen LogP contribution in [0, 0.1) is 11.8 Å². The van der Waals surface area contributed by atoms with E-state index in [0.29, 0.717) is 24.0 Å². The Bertz CT molecular complexity index is 1100. The number of hydrogen-bond donors (Lipinski definition) is 1. The number of fused-ring (bicyclic) bond motifs is 1. The van der Waals surface area contributed by atoms with Gasteiger partial charge in [-0.15, -0.1) is 0 Å². The first-order chi connectivity index (χ1) is 18.7. The average Bonchev–Trinajstić information content (AvgIpc) is 2.88. The second-order valence-corrected chi connectivity index (χ2v) is 12.9. The van der Waals surface area contributed by atoms with Crippen LogP contribution in [0.4, 0.5) is 0 Å². The normalized spacial score (nSPS) is 26.6. The molecule has 2 aromatic rings. The third-order valence-corrected chi connectivity index (χ3v) is 9.07. The Morgan fingerprint density at radius 3 is 2.59 bits per heavy atom. The van der Waals surface area contributed by atoms with E-state index in [0.717, 1.165) is 68.9 Å². The Hall–Kier alpha value is -2.66. The molecule has 4 rings (SSSR count). The molecule has 0 spiro atoms. The first kappa shape index (κ1) is 29.3. The topological polar surface area (TPSA) is 55.4 Å². The van der Waals surface area contributed by atoms with Crippen LogP contribution >= 0.6 is 0 Å². The number of rotatable bonds is 11. The molecule has 1 amide bonds. The fourth-order valence-electron chi connectivity index (χ4n) is 7.49. The maximum atomic E-state index is 13.0. The van der Waals surface area contributed by atoms with Gasteiger partial charge in [-0.05, 0) is 61.8 Å². The molecule has 2 aliphatic rings. The highest BCUT2D eigenvalue weighted by molar-refractivity contribution is 5.76. The minimum Gasteiger partial charge on any atom is -0.427 e. The molecule has 212 valence electrons. The number of likely N-dealkylation sites (tertiary alicyclic amines) is 1. The number of esters is 1. The van der Waals surface area contributed by atoms with E-state index in [1.165, 1.54) is 24.6 Å². The van der Waals surface area contributed by atoms with E-state index in [4.69, 9.17) is 4.74 Å². The Balaban J connectivity index is 1.40.